The van der Waals surface area contributed by atoms with Crippen LogP contribution in [-0.4, -0.2) is 14.9 Å². The molecule has 0 spiro atoms. The minimum atomic E-state index is 0.280. The number of phenolic OH excluding ortho intramolecular Hbond substituents is 1. The Labute approximate surface area is 91.7 Å². The topological polar surface area (TPSA) is 38.0 Å². The van der Waals surface area contributed by atoms with Gasteiger partial charge < -0.3 is 5.11 Å². The first-order valence-electron chi connectivity index (χ1n) is 4.77. The SMILES string of the molecule is Oc1cccc(-n2ncc3c2CSC3)c1. The maximum Gasteiger partial charge on any atom is 0.117 e. The Hall–Kier alpha value is -1.42. The fraction of sp³-hybridized carbons (Fsp3) is 0.182. The van der Waals surface area contributed by atoms with Gasteiger partial charge in [-0.25, -0.2) is 4.68 Å². The van der Waals surface area contributed by atoms with E-state index in [9.17, 15) is 5.11 Å². The molecule has 3 nitrogen and oxygen atoms in total. The van der Waals surface area contributed by atoms with Crippen LogP contribution in [0.2, 0.25) is 0 Å². The van der Waals surface area contributed by atoms with Gasteiger partial charge in [-0.05, 0) is 12.1 Å². The van der Waals surface area contributed by atoms with E-state index in [2.05, 4.69) is 5.10 Å². The van der Waals surface area contributed by atoms with Crippen LogP contribution in [0.1, 0.15) is 11.3 Å². The van der Waals surface area contributed by atoms with E-state index in [4.69, 9.17) is 0 Å². The number of benzene rings is 1. The zero-order valence-corrected chi connectivity index (χ0v) is 8.87. The van der Waals surface area contributed by atoms with Crippen LogP contribution < -0.4 is 0 Å². The molecule has 0 unspecified atom stereocenters. The van der Waals surface area contributed by atoms with Crippen molar-refractivity contribution in [3.63, 3.8) is 0 Å². The van der Waals surface area contributed by atoms with Crippen molar-refractivity contribution in [1.82, 2.24) is 9.78 Å². The Balaban J connectivity index is 2.13. The lowest BCUT2D eigenvalue weighted by Gasteiger charge is -2.05. The third-order valence-corrected chi connectivity index (χ3v) is 3.52. The standard InChI is InChI=1S/C11H10N2OS/c14-10-3-1-2-9(4-10)13-11-7-15-6-8(11)5-12-13/h1-5,14H,6-7H2. The Kier molecular flexibility index (Phi) is 1.95. The van der Waals surface area contributed by atoms with E-state index in [1.54, 1.807) is 12.1 Å². The van der Waals surface area contributed by atoms with Crippen LogP contribution in [0, 0.1) is 0 Å². The van der Waals surface area contributed by atoms with E-state index in [0.29, 0.717) is 0 Å². The van der Waals surface area contributed by atoms with Crippen molar-refractivity contribution < 1.29 is 5.11 Å². The smallest absolute Gasteiger partial charge is 0.117 e. The van der Waals surface area contributed by atoms with Crippen molar-refractivity contribution >= 4 is 11.8 Å². The van der Waals surface area contributed by atoms with Gasteiger partial charge in [0.2, 0.25) is 0 Å². The summed E-state index contributed by atoms with van der Waals surface area (Å²) in [4.78, 5) is 0. The van der Waals surface area contributed by atoms with E-state index in [1.807, 2.05) is 34.8 Å². The maximum atomic E-state index is 9.41. The summed E-state index contributed by atoms with van der Waals surface area (Å²) < 4.78 is 1.91. The van der Waals surface area contributed by atoms with Crippen LogP contribution in [-0.2, 0) is 11.5 Å². The van der Waals surface area contributed by atoms with Crippen LogP contribution in [0.25, 0.3) is 5.69 Å². The monoisotopic (exact) mass is 218 g/mol. The molecule has 2 heterocycles. The van der Waals surface area contributed by atoms with Gasteiger partial charge in [-0.15, -0.1) is 0 Å². The molecule has 0 bridgehead atoms. The van der Waals surface area contributed by atoms with Gasteiger partial charge in [0, 0.05) is 23.1 Å². The number of hydrogen-bond donors (Lipinski definition) is 1. The Morgan fingerprint density at radius 1 is 1.33 bits per heavy atom. The molecule has 2 aromatic rings. The summed E-state index contributed by atoms with van der Waals surface area (Å²) in [5.74, 6) is 2.33. The number of phenols is 1. The predicted octanol–water partition coefficient (Wildman–Crippen LogP) is 2.32. The second-order valence-electron chi connectivity index (χ2n) is 3.54. The highest BCUT2D eigenvalue weighted by molar-refractivity contribution is 7.98. The van der Waals surface area contributed by atoms with Crippen molar-refractivity contribution in [2.75, 3.05) is 0 Å². The highest BCUT2D eigenvalue weighted by Crippen LogP contribution is 2.31. The van der Waals surface area contributed by atoms with Crippen molar-refractivity contribution in [2.24, 2.45) is 0 Å². The molecule has 0 aliphatic carbocycles. The minimum Gasteiger partial charge on any atom is -0.508 e. The molecule has 0 radical (unpaired) electrons. The Bertz CT molecular complexity index is 507. The molecule has 1 aromatic carbocycles. The molecule has 3 rings (SSSR count). The van der Waals surface area contributed by atoms with Gasteiger partial charge in [0.1, 0.15) is 5.75 Å². The third kappa shape index (κ3) is 1.41. The number of rotatable bonds is 1. The largest absolute Gasteiger partial charge is 0.508 e. The first-order chi connectivity index (χ1) is 7.34. The van der Waals surface area contributed by atoms with E-state index in [0.717, 1.165) is 17.2 Å². The normalized spacial score (nSPS) is 14.1. The average molecular weight is 218 g/mol. The number of fused-ring (bicyclic) bond motifs is 1. The van der Waals surface area contributed by atoms with E-state index in [-0.39, 0.29) is 5.75 Å². The lowest BCUT2D eigenvalue weighted by Crippen LogP contribution is -1.99. The second kappa shape index (κ2) is 3.31. The lowest BCUT2D eigenvalue weighted by atomic mass is 10.2. The highest BCUT2D eigenvalue weighted by atomic mass is 32.2. The minimum absolute atomic E-state index is 0.280. The van der Waals surface area contributed by atoms with Gasteiger partial charge in [0.15, 0.2) is 0 Å². The third-order valence-electron chi connectivity index (χ3n) is 2.53. The molecule has 4 heteroatoms. The molecule has 0 atom stereocenters. The van der Waals surface area contributed by atoms with Gasteiger partial charge in [0.25, 0.3) is 0 Å². The number of aromatic nitrogens is 2. The summed E-state index contributed by atoms with van der Waals surface area (Å²) in [6.07, 6.45) is 1.92. The quantitative estimate of drug-likeness (QED) is 0.798. The molecule has 1 aromatic heterocycles. The molecule has 0 amide bonds. The number of thioether (sulfide) groups is 1. The summed E-state index contributed by atoms with van der Waals surface area (Å²) in [6, 6.07) is 7.19. The fourth-order valence-electron chi connectivity index (χ4n) is 1.79. The Morgan fingerprint density at radius 2 is 2.27 bits per heavy atom. The van der Waals surface area contributed by atoms with Crippen molar-refractivity contribution in [3.05, 3.63) is 41.7 Å². The van der Waals surface area contributed by atoms with Gasteiger partial charge >= 0.3 is 0 Å². The van der Waals surface area contributed by atoms with Crippen LogP contribution >= 0.6 is 11.8 Å². The fourth-order valence-corrected chi connectivity index (χ4v) is 2.85. The van der Waals surface area contributed by atoms with Gasteiger partial charge in [-0.2, -0.15) is 16.9 Å². The van der Waals surface area contributed by atoms with E-state index in [1.165, 1.54) is 11.3 Å². The summed E-state index contributed by atoms with van der Waals surface area (Å²) in [5, 5.41) is 13.8. The molecule has 76 valence electrons. The summed E-state index contributed by atoms with van der Waals surface area (Å²) in [6.45, 7) is 0. The molecule has 0 saturated carbocycles. The van der Waals surface area contributed by atoms with Crippen LogP contribution in [0.15, 0.2) is 30.5 Å². The summed E-state index contributed by atoms with van der Waals surface area (Å²) in [7, 11) is 0. The molecule has 1 aliphatic heterocycles. The van der Waals surface area contributed by atoms with Gasteiger partial charge in [0.05, 0.1) is 17.6 Å². The zero-order chi connectivity index (χ0) is 10.3. The summed E-state index contributed by atoms with van der Waals surface area (Å²) >= 11 is 1.90. The Morgan fingerprint density at radius 3 is 3.13 bits per heavy atom. The molecular formula is C11H10N2OS. The molecule has 1 aliphatic rings. The summed E-state index contributed by atoms with van der Waals surface area (Å²) in [5.41, 5.74) is 3.49. The van der Waals surface area contributed by atoms with Crippen molar-refractivity contribution in [1.29, 1.82) is 0 Å². The predicted molar refractivity (Wildman–Crippen MR) is 60.2 cm³/mol. The van der Waals surface area contributed by atoms with Crippen LogP contribution in [0.3, 0.4) is 0 Å². The zero-order valence-electron chi connectivity index (χ0n) is 8.05. The number of aromatic hydroxyl groups is 1. The molecule has 0 saturated heterocycles. The van der Waals surface area contributed by atoms with Gasteiger partial charge in [-0.3, -0.25) is 0 Å². The first kappa shape index (κ1) is 8.85. The molecule has 0 fully saturated rings. The van der Waals surface area contributed by atoms with Gasteiger partial charge in [-0.1, -0.05) is 6.07 Å². The van der Waals surface area contributed by atoms with E-state index >= 15 is 0 Å². The molecule has 1 N–H and O–H groups in total. The average Bonchev–Trinajstić information content (AvgIpc) is 2.77. The number of hydrogen-bond acceptors (Lipinski definition) is 3. The van der Waals surface area contributed by atoms with Crippen LogP contribution in [0.5, 0.6) is 5.75 Å². The van der Waals surface area contributed by atoms with E-state index < -0.39 is 0 Å². The van der Waals surface area contributed by atoms with Crippen LogP contribution in [0.4, 0.5) is 0 Å². The number of nitrogens with zero attached hydrogens (tertiary/aromatic N) is 2. The molecular weight excluding hydrogens is 208 g/mol. The first-order valence-corrected chi connectivity index (χ1v) is 5.93. The second-order valence-corrected chi connectivity index (χ2v) is 4.53. The lowest BCUT2D eigenvalue weighted by molar-refractivity contribution is 0.475. The van der Waals surface area contributed by atoms with Crippen molar-refractivity contribution in [2.45, 2.75) is 11.5 Å². The van der Waals surface area contributed by atoms with Crippen molar-refractivity contribution in [3.8, 4) is 11.4 Å². The highest BCUT2D eigenvalue weighted by Gasteiger charge is 2.17. The maximum absolute atomic E-state index is 9.41. The molecule has 15 heavy (non-hydrogen) atoms.